The Morgan fingerprint density at radius 2 is 2.00 bits per heavy atom. The van der Waals surface area contributed by atoms with E-state index in [1.54, 1.807) is 24.8 Å². The minimum absolute atomic E-state index is 0.475. The van der Waals surface area contributed by atoms with Gasteiger partial charge < -0.3 is 9.26 Å². The van der Waals surface area contributed by atoms with Crippen molar-refractivity contribution in [1.82, 2.24) is 9.97 Å². The fourth-order valence-corrected chi connectivity index (χ4v) is 2.78. The lowest BCUT2D eigenvalue weighted by Crippen LogP contribution is -2.18. The number of ether oxygens (including phenoxy) is 1. The summed E-state index contributed by atoms with van der Waals surface area (Å²) in [6, 6.07) is 7.44. The van der Waals surface area contributed by atoms with Crippen LogP contribution in [-0.4, -0.2) is 22.5 Å². The molecule has 2 atom stereocenters. The molecule has 1 aliphatic heterocycles. The highest BCUT2D eigenvalue weighted by molar-refractivity contribution is 7.46. The molecule has 0 aliphatic carbocycles. The van der Waals surface area contributed by atoms with Crippen LogP contribution in [0.1, 0.15) is 24.3 Å². The van der Waals surface area contributed by atoms with E-state index in [1.165, 1.54) is 0 Å². The molecule has 0 aromatic carbocycles. The molecule has 108 valence electrons. The molecule has 2 aromatic heterocycles. The molecule has 21 heavy (non-hydrogen) atoms. The van der Waals surface area contributed by atoms with Crippen LogP contribution in [0.15, 0.2) is 53.8 Å². The van der Waals surface area contributed by atoms with Gasteiger partial charge in [0.05, 0.1) is 12.2 Å². The Morgan fingerprint density at radius 1 is 1.19 bits per heavy atom. The first-order valence-corrected chi connectivity index (χ1v) is 7.65. The molecule has 0 radical (unpaired) electrons. The average Bonchev–Trinajstić information content (AvgIpc) is 2.56. The lowest BCUT2D eigenvalue weighted by Gasteiger charge is -2.27. The summed E-state index contributed by atoms with van der Waals surface area (Å²) in [6.45, 7) is 2.43. The van der Waals surface area contributed by atoms with Crippen LogP contribution in [-0.2, 0) is 13.8 Å². The maximum absolute atomic E-state index is 5.82. The number of hydrogen-bond acceptors (Lipinski definition) is 6. The molecular formula is C14H14N3O3P. The van der Waals surface area contributed by atoms with Gasteiger partial charge in [-0.05, 0) is 31.2 Å². The van der Waals surface area contributed by atoms with Crippen molar-refractivity contribution >= 4 is 14.4 Å². The first-order valence-electron chi connectivity index (χ1n) is 6.52. The van der Waals surface area contributed by atoms with E-state index in [0.717, 1.165) is 11.1 Å². The zero-order chi connectivity index (χ0) is 14.5. The molecule has 0 spiro atoms. The third-order valence-electron chi connectivity index (χ3n) is 2.68. The normalized spacial score (nSPS) is 21.5. The summed E-state index contributed by atoms with van der Waals surface area (Å²) in [6.07, 6.45) is 6.23. The molecule has 3 heterocycles. The maximum Gasteiger partial charge on any atom is 0.317 e. The van der Waals surface area contributed by atoms with Gasteiger partial charge in [0, 0.05) is 30.4 Å². The third-order valence-corrected chi connectivity index (χ3v) is 3.88. The van der Waals surface area contributed by atoms with E-state index < -0.39 is 14.8 Å². The van der Waals surface area contributed by atoms with Gasteiger partial charge >= 0.3 is 8.53 Å². The van der Waals surface area contributed by atoms with Crippen LogP contribution in [0.2, 0.25) is 0 Å². The molecule has 0 bridgehead atoms. The van der Waals surface area contributed by atoms with E-state index >= 15 is 0 Å². The van der Waals surface area contributed by atoms with E-state index in [4.69, 9.17) is 13.8 Å². The smallest absolute Gasteiger partial charge is 0.317 e. The first-order chi connectivity index (χ1) is 10.4. The second kappa shape index (κ2) is 6.72. The molecule has 6 nitrogen and oxygen atoms in total. The second-order valence-corrected chi connectivity index (χ2v) is 5.29. The summed E-state index contributed by atoms with van der Waals surface area (Å²) in [5, 5.41) is 0. The molecule has 2 unspecified atom stereocenters. The van der Waals surface area contributed by atoms with Gasteiger partial charge in [0.25, 0.3) is 0 Å². The van der Waals surface area contributed by atoms with Crippen molar-refractivity contribution in [2.45, 2.75) is 13.2 Å². The van der Waals surface area contributed by atoms with Crippen LogP contribution >= 0.6 is 8.53 Å². The number of nitrogens with zero attached hydrogens (tertiary/aromatic N) is 3. The Kier molecular flexibility index (Phi) is 4.50. The van der Waals surface area contributed by atoms with Gasteiger partial charge in [-0.2, -0.15) is 4.76 Å². The zero-order valence-corrected chi connectivity index (χ0v) is 12.3. The molecule has 3 rings (SSSR count). The Hall–Kier alpha value is -1.88. The number of aromatic nitrogens is 2. The van der Waals surface area contributed by atoms with Crippen molar-refractivity contribution in [2.75, 3.05) is 6.61 Å². The van der Waals surface area contributed by atoms with Crippen LogP contribution in [0.3, 0.4) is 0 Å². The molecular weight excluding hydrogens is 289 g/mol. The predicted molar refractivity (Wildman–Crippen MR) is 78.5 cm³/mol. The highest BCUT2D eigenvalue weighted by atomic mass is 31.2. The lowest BCUT2D eigenvalue weighted by molar-refractivity contribution is -0.0162. The Labute approximate surface area is 123 Å². The van der Waals surface area contributed by atoms with Gasteiger partial charge in [0.15, 0.2) is 0 Å². The molecule has 1 aliphatic rings. The minimum Gasteiger partial charge on any atom is -0.442 e. The number of hydrogen-bond donors (Lipinski definition) is 0. The molecule has 2 aromatic rings. The Balaban J connectivity index is 1.89. The zero-order valence-electron chi connectivity index (χ0n) is 11.4. The Bertz CT molecular complexity index is 609. The van der Waals surface area contributed by atoms with Crippen LogP contribution in [0, 0.1) is 0 Å². The summed E-state index contributed by atoms with van der Waals surface area (Å²) in [5.41, 5.74) is 1.61. The summed E-state index contributed by atoms with van der Waals surface area (Å²) in [7, 11) is -1.39. The quantitative estimate of drug-likeness (QED) is 0.811. The standard InChI is InChI=1S/C14H14N3O3P/c1-2-18-21-17-13(11-5-3-7-15-9-11)19-14(20-21)12-6-4-8-16-10-12/h3-10,14H,2H2,1H3. The van der Waals surface area contributed by atoms with Gasteiger partial charge in [0.1, 0.15) is 0 Å². The third kappa shape index (κ3) is 3.42. The van der Waals surface area contributed by atoms with Crippen LogP contribution in [0.5, 0.6) is 0 Å². The van der Waals surface area contributed by atoms with Crippen LogP contribution in [0.4, 0.5) is 0 Å². The van der Waals surface area contributed by atoms with E-state index in [2.05, 4.69) is 14.7 Å². The van der Waals surface area contributed by atoms with E-state index in [0.29, 0.717) is 12.5 Å². The van der Waals surface area contributed by atoms with Gasteiger partial charge in [-0.3, -0.25) is 14.5 Å². The van der Waals surface area contributed by atoms with Gasteiger partial charge in [-0.25, -0.2) is 0 Å². The van der Waals surface area contributed by atoms with E-state index in [9.17, 15) is 0 Å². The highest BCUT2D eigenvalue weighted by Crippen LogP contribution is 2.49. The largest absolute Gasteiger partial charge is 0.442 e. The van der Waals surface area contributed by atoms with Gasteiger partial charge in [0.2, 0.25) is 12.2 Å². The average molecular weight is 303 g/mol. The fraction of sp³-hybridized carbons (Fsp3) is 0.214. The lowest BCUT2D eigenvalue weighted by atomic mass is 10.2. The first kappa shape index (κ1) is 14.1. The van der Waals surface area contributed by atoms with E-state index in [1.807, 2.05) is 31.2 Å². The second-order valence-electron chi connectivity index (χ2n) is 4.14. The molecule has 0 N–H and O–H groups in total. The van der Waals surface area contributed by atoms with Crippen LogP contribution in [0.25, 0.3) is 0 Å². The van der Waals surface area contributed by atoms with Crippen molar-refractivity contribution in [1.29, 1.82) is 0 Å². The van der Waals surface area contributed by atoms with Crippen molar-refractivity contribution in [3.8, 4) is 0 Å². The predicted octanol–water partition coefficient (Wildman–Crippen LogP) is 3.23. The number of rotatable bonds is 4. The topological polar surface area (TPSA) is 65.8 Å². The fourth-order valence-electron chi connectivity index (χ4n) is 1.76. The summed E-state index contributed by atoms with van der Waals surface area (Å²) < 4.78 is 21.4. The van der Waals surface area contributed by atoms with E-state index in [-0.39, 0.29) is 0 Å². The van der Waals surface area contributed by atoms with Crippen molar-refractivity contribution < 1.29 is 13.8 Å². The monoisotopic (exact) mass is 303 g/mol. The Morgan fingerprint density at radius 3 is 2.67 bits per heavy atom. The minimum atomic E-state index is -1.39. The van der Waals surface area contributed by atoms with Gasteiger partial charge in [-0.1, -0.05) is 0 Å². The summed E-state index contributed by atoms with van der Waals surface area (Å²) in [5.74, 6) is 0.475. The molecule has 0 saturated heterocycles. The van der Waals surface area contributed by atoms with Crippen LogP contribution < -0.4 is 0 Å². The van der Waals surface area contributed by atoms with Crippen molar-refractivity contribution in [3.05, 3.63) is 60.2 Å². The van der Waals surface area contributed by atoms with Crippen molar-refractivity contribution in [3.63, 3.8) is 0 Å². The molecule has 0 fully saturated rings. The van der Waals surface area contributed by atoms with Crippen molar-refractivity contribution in [2.24, 2.45) is 4.76 Å². The molecule has 7 heteroatoms. The summed E-state index contributed by atoms with van der Waals surface area (Å²) >= 11 is 0. The van der Waals surface area contributed by atoms with Gasteiger partial charge in [-0.15, -0.1) is 0 Å². The molecule has 0 saturated carbocycles. The maximum atomic E-state index is 5.82. The highest BCUT2D eigenvalue weighted by Gasteiger charge is 2.29. The SMILES string of the molecule is CCOP1N=C(c2cccnc2)OC(c2cccnc2)O1. The number of pyridine rings is 2. The molecule has 0 amide bonds. The summed E-state index contributed by atoms with van der Waals surface area (Å²) in [4.78, 5) is 8.16.